The van der Waals surface area contributed by atoms with Crippen molar-refractivity contribution in [1.29, 1.82) is 0 Å². The van der Waals surface area contributed by atoms with Gasteiger partial charge in [-0.15, -0.1) is 13.2 Å². The van der Waals surface area contributed by atoms with E-state index in [1.807, 2.05) is 0 Å². The van der Waals surface area contributed by atoms with E-state index in [1.54, 1.807) is 0 Å². The quantitative estimate of drug-likeness (QED) is 0.687. The molecule has 0 fully saturated rings. The molecule has 0 spiro atoms. The van der Waals surface area contributed by atoms with Gasteiger partial charge in [0.25, 0.3) is 5.91 Å². The van der Waals surface area contributed by atoms with Crippen LogP contribution in [-0.2, 0) is 0 Å². The van der Waals surface area contributed by atoms with E-state index in [4.69, 9.17) is 0 Å². The molecule has 1 N–H and O–H groups in total. The number of hydrogen-bond donors (Lipinski definition) is 1. The molecule has 0 aliphatic rings. The highest BCUT2D eigenvalue weighted by atomic mass is 19.4. The molecule has 0 aliphatic carbocycles. The molecule has 0 heterocycles. The number of amides is 1. The number of carbonyl (C=O) groups excluding carboxylic acids is 2. The van der Waals surface area contributed by atoms with E-state index >= 15 is 0 Å². The number of benzene rings is 2. The van der Waals surface area contributed by atoms with Crippen molar-refractivity contribution in [2.75, 3.05) is 5.32 Å². The zero-order chi connectivity index (χ0) is 17.0. The Kier molecular flexibility index (Phi) is 4.63. The lowest BCUT2D eigenvalue weighted by Crippen LogP contribution is -2.18. The van der Waals surface area contributed by atoms with E-state index in [0.29, 0.717) is 29.7 Å². The second-order valence-corrected chi connectivity index (χ2v) is 4.39. The second kappa shape index (κ2) is 6.47. The van der Waals surface area contributed by atoms with Crippen molar-refractivity contribution in [3.8, 4) is 5.75 Å². The molecule has 23 heavy (non-hydrogen) atoms. The number of rotatable bonds is 4. The first-order chi connectivity index (χ1) is 10.8. The minimum absolute atomic E-state index is 0.184. The Balaban J connectivity index is 2.13. The molecule has 0 unspecified atom stereocenters. The zero-order valence-corrected chi connectivity index (χ0v) is 11.4. The van der Waals surface area contributed by atoms with Crippen LogP contribution in [0.2, 0.25) is 0 Å². The van der Waals surface area contributed by atoms with Crippen LogP contribution in [0.3, 0.4) is 0 Å². The molecule has 4 nitrogen and oxygen atoms in total. The van der Waals surface area contributed by atoms with Crippen LogP contribution in [0.25, 0.3) is 0 Å². The molecule has 0 bridgehead atoms. The topological polar surface area (TPSA) is 55.4 Å². The number of hydrogen-bond acceptors (Lipinski definition) is 3. The monoisotopic (exact) mass is 327 g/mol. The molecule has 0 saturated heterocycles. The second-order valence-electron chi connectivity index (χ2n) is 4.39. The SMILES string of the molecule is O=Cc1ccc(NC(=O)c2ccc(OC(F)(F)F)c(F)c2)cc1. The van der Waals surface area contributed by atoms with Crippen LogP contribution in [0.5, 0.6) is 5.75 Å². The molecule has 2 aromatic carbocycles. The van der Waals surface area contributed by atoms with E-state index in [2.05, 4.69) is 10.1 Å². The molecular weight excluding hydrogens is 318 g/mol. The van der Waals surface area contributed by atoms with E-state index in [9.17, 15) is 27.2 Å². The van der Waals surface area contributed by atoms with Crippen LogP contribution in [0, 0.1) is 5.82 Å². The van der Waals surface area contributed by atoms with Gasteiger partial charge in [0.2, 0.25) is 0 Å². The number of nitrogens with one attached hydrogen (secondary N) is 1. The van der Waals surface area contributed by atoms with Crippen molar-refractivity contribution in [1.82, 2.24) is 0 Å². The minimum Gasteiger partial charge on any atom is -0.403 e. The summed E-state index contributed by atoms with van der Waals surface area (Å²) in [7, 11) is 0. The number of anilines is 1. The van der Waals surface area contributed by atoms with Gasteiger partial charge in [0.1, 0.15) is 6.29 Å². The van der Waals surface area contributed by atoms with Crippen LogP contribution in [-0.4, -0.2) is 18.6 Å². The molecule has 8 heteroatoms. The van der Waals surface area contributed by atoms with Crippen molar-refractivity contribution in [3.63, 3.8) is 0 Å². The highest BCUT2D eigenvalue weighted by Crippen LogP contribution is 2.26. The first kappa shape index (κ1) is 16.5. The van der Waals surface area contributed by atoms with Gasteiger partial charge < -0.3 is 10.1 Å². The average Bonchev–Trinajstić information content (AvgIpc) is 2.48. The molecule has 0 atom stereocenters. The van der Waals surface area contributed by atoms with Gasteiger partial charge >= 0.3 is 6.36 Å². The highest BCUT2D eigenvalue weighted by Gasteiger charge is 2.32. The fraction of sp³-hybridized carbons (Fsp3) is 0.0667. The van der Waals surface area contributed by atoms with Gasteiger partial charge in [-0.25, -0.2) is 4.39 Å². The lowest BCUT2D eigenvalue weighted by atomic mass is 10.1. The lowest BCUT2D eigenvalue weighted by molar-refractivity contribution is -0.275. The Morgan fingerprint density at radius 3 is 2.26 bits per heavy atom. The first-order valence-electron chi connectivity index (χ1n) is 6.20. The molecule has 0 radical (unpaired) electrons. The summed E-state index contributed by atoms with van der Waals surface area (Å²) in [5.41, 5.74) is 0.566. The van der Waals surface area contributed by atoms with Gasteiger partial charge in [-0.2, -0.15) is 0 Å². The van der Waals surface area contributed by atoms with Gasteiger partial charge in [0.15, 0.2) is 11.6 Å². The normalized spacial score (nSPS) is 11.0. The van der Waals surface area contributed by atoms with Crippen LogP contribution in [0.4, 0.5) is 23.2 Å². The average molecular weight is 327 g/mol. The zero-order valence-electron chi connectivity index (χ0n) is 11.4. The molecule has 2 rings (SSSR count). The fourth-order valence-electron chi connectivity index (χ4n) is 1.70. The lowest BCUT2D eigenvalue weighted by Gasteiger charge is -2.10. The maximum atomic E-state index is 13.5. The number of ether oxygens (including phenoxy) is 1. The van der Waals surface area contributed by atoms with Crippen molar-refractivity contribution >= 4 is 17.9 Å². The third kappa shape index (κ3) is 4.53. The van der Waals surface area contributed by atoms with E-state index in [-0.39, 0.29) is 5.56 Å². The largest absolute Gasteiger partial charge is 0.573 e. The van der Waals surface area contributed by atoms with Gasteiger partial charge in [0.05, 0.1) is 0 Å². The van der Waals surface area contributed by atoms with Gasteiger partial charge in [0, 0.05) is 16.8 Å². The Morgan fingerprint density at radius 1 is 1.09 bits per heavy atom. The number of halogens is 4. The smallest absolute Gasteiger partial charge is 0.403 e. The van der Waals surface area contributed by atoms with Gasteiger partial charge in [-0.05, 0) is 42.5 Å². The highest BCUT2D eigenvalue weighted by molar-refractivity contribution is 6.04. The van der Waals surface area contributed by atoms with E-state index in [0.717, 1.165) is 6.07 Å². The summed E-state index contributed by atoms with van der Waals surface area (Å²) in [4.78, 5) is 22.4. The molecule has 0 aromatic heterocycles. The summed E-state index contributed by atoms with van der Waals surface area (Å²) in [6.07, 6.45) is -4.40. The van der Waals surface area contributed by atoms with Crippen molar-refractivity contribution < 1.29 is 31.9 Å². The van der Waals surface area contributed by atoms with Crippen LogP contribution < -0.4 is 10.1 Å². The standard InChI is InChI=1S/C15H9F4NO3/c16-12-7-10(3-6-13(12)23-15(17,18)19)14(22)20-11-4-1-9(8-21)2-5-11/h1-8H,(H,20,22). The summed E-state index contributed by atoms with van der Waals surface area (Å²) in [5, 5.41) is 2.42. The van der Waals surface area contributed by atoms with Crippen LogP contribution in [0.1, 0.15) is 20.7 Å². The molecular formula is C15H9F4NO3. The van der Waals surface area contributed by atoms with Crippen molar-refractivity contribution in [3.05, 3.63) is 59.4 Å². The molecule has 1 amide bonds. The number of aldehydes is 1. The van der Waals surface area contributed by atoms with Gasteiger partial charge in [-0.1, -0.05) is 0 Å². The third-order valence-electron chi connectivity index (χ3n) is 2.72. The predicted octanol–water partition coefficient (Wildman–Crippen LogP) is 3.79. The molecule has 0 saturated carbocycles. The maximum Gasteiger partial charge on any atom is 0.573 e. The predicted molar refractivity (Wildman–Crippen MR) is 72.9 cm³/mol. The Hall–Kier alpha value is -2.90. The fourth-order valence-corrected chi connectivity index (χ4v) is 1.70. The molecule has 120 valence electrons. The third-order valence-corrected chi connectivity index (χ3v) is 2.72. The molecule has 2 aromatic rings. The number of alkyl halides is 3. The summed E-state index contributed by atoms with van der Waals surface area (Å²) in [6, 6.07) is 8.19. The summed E-state index contributed by atoms with van der Waals surface area (Å²) >= 11 is 0. The Morgan fingerprint density at radius 2 is 1.74 bits per heavy atom. The Labute approximate surface area is 127 Å². The Bertz CT molecular complexity index is 726. The van der Waals surface area contributed by atoms with Gasteiger partial charge in [-0.3, -0.25) is 9.59 Å². The number of carbonyl (C=O) groups is 2. The summed E-state index contributed by atoms with van der Waals surface area (Å²) < 4.78 is 53.1. The van der Waals surface area contributed by atoms with Crippen molar-refractivity contribution in [2.24, 2.45) is 0 Å². The van der Waals surface area contributed by atoms with Crippen molar-refractivity contribution in [2.45, 2.75) is 6.36 Å². The minimum atomic E-state index is -5.02. The van der Waals surface area contributed by atoms with Crippen LogP contribution in [0.15, 0.2) is 42.5 Å². The van der Waals surface area contributed by atoms with Crippen LogP contribution >= 0.6 is 0 Å². The van der Waals surface area contributed by atoms with E-state index in [1.165, 1.54) is 24.3 Å². The summed E-state index contributed by atoms with van der Waals surface area (Å²) in [5.74, 6) is -3.06. The maximum absolute atomic E-state index is 13.5. The summed E-state index contributed by atoms with van der Waals surface area (Å²) in [6.45, 7) is 0. The van der Waals surface area contributed by atoms with E-state index < -0.39 is 23.8 Å². The first-order valence-corrected chi connectivity index (χ1v) is 6.20. The molecule has 0 aliphatic heterocycles.